The summed E-state index contributed by atoms with van der Waals surface area (Å²) < 4.78 is 11.1. The van der Waals surface area contributed by atoms with Crippen molar-refractivity contribution in [2.45, 2.75) is 13.3 Å². The molecule has 2 amide bonds. The van der Waals surface area contributed by atoms with E-state index >= 15 is 0 Å². The Hall–Kier alpha value is -4.14. The van der Waals surface area contributed by atoms with Crippen molar-refractivity contribution in [2.75, 3.05) is 49.6 Å². The summed E-state index contributed by atoms with van der Waals surface area (Å²) in [6.07, 6.45) is 0.233. The second-order valence-corrected chi connectivity index (χ2v) is 8.94. The van der Waals surface area contributed by atoms with Crippen molar-refractivity contribution < 1.29 is 19.1 Å². The van der Waals surface area contributed by atoms with Crippen molar-refractivity contribution >= 4 is 23.3 Å². The molecule has 0 spiro atoms. The number of benzene rings is 2. The van der Waals surface area contributed by atoms with Gasteiger partial charge in [0.2, 0.25) is 17.7 Å². The zero-order valence-corrected chi connectivity index (χ0v) is 20.5. The first-order valence-electron chi connectivity index (χ1n) is 12.1. The van der Waals surface area contributed by atoms with Gasteiger partial charge in [-0.15, -0.1) is 0 Å². The first-order chi connectivity index (χ1) is 17.5. The topological polar surface area (TPSA) is 88.1 Å². The van der Waals surface area contributed by atoms with E-state index in [4.69, 9.17) is 9.47 Å². The molecule has 0 aliphatic carbocycles. The third-order valence-corrected chi connectivity index (χ3v) is 6.54. The SMILES string of the molecule is COc1ccc(N2CC(C(=O)N3CCN(c4cc(Oc5ccccc5)nc(C)n4)CC3)CC2=O)cc1. The molecule has 2 fully saturated rings. The van der Waals surface area contributed by atoms with Crippen molar-refractivity contribution in [1.82, 2.24) is 14.9 Å². The maximum absolute atomic E-state index is 13.2. The molecular weight excluding hydrogens is 458 g/mol. The van der Waals surface area contributed by atoms with E-state index in [0.717, 1.165) is 17.3 Å². The van der Waals surface area contributed by atoms with Gasteiger partial charge in [-0.2, -0.15) is 4.98 Å². The fourth-order valence-corrected chi connectivity index (χ4v) is 4.65. The van der Waals surface area contributed by atoms with Gasteiger partial charge < -0.3 is 24.2 Å². The van der Waals surface area contributed by atoms with Crippen LogP contribution in [0.5, 0.6) is 17.4 Å². The first kappa shape index (κ1) is 23.6. The molecule has 1 unspecified atom stereocenters. The summed E-state index contributed by atoms with van der Waals surface area (Å²) in [7, 11) is 1.60. The van der Waals surface area contributed by atoms with Crippen LogP contribution < -0.4 is 19.3 Å². The molecule has 3 heterocycles. The van der Waals surface area contributed by atoms with Crippen LogP contribution in [0.15, 0.2) is 60.7 Å². The molecule has 0 N–H and O–H groups in total. The standard InChI is InChI=1S/C27H29N5O4/c1-19-28-24(17-25(29-19)36-23-6-4-3-5-7-23)30-12-14-31(15-13-30)27(34)20-16-26(33)32(18-20)21-8-10-22(35-2)11-9-21/h3-11,17,20H,12-16,18H2,1-2H3. The molecule has 0 radical (unpaired) electrons. The van der Waals surface area contributed by atoms with E-state index in [1.807, 2.05) is 72.5 Å². The Morgan fingerprint density at radius 1 is 0.944 bits per heavy atom. The van der Waals surface area contributed by atoms with Crippen LogP contribution in [0.1, 0.15) is 12.2 Å². The average Bonchev–Trinajstić information content (AvgIpc) is 3.30. The molecule has 0 bridgehead atoms. The summed E-state index contributed by atoms with van der Waals surface area (Å²) in [6.45, 7) is 4.68. The molecule has 2 aliphatic rings. The van der Waals surface area contributed by atoms with E-state index < -0.39 is 0 Å². The summed E-state index contributed by atoms with van der Waals surface area (Å²) in [4.78, 5) is 40.6. The zero-order valence-electron chi connectivity index (χ0n) is 20.5. The quantitative estimate of drug-likeness (QED) is 0.527. The third kappa shape index (κ3) is 5.10. The molecule has 9 nitrogen and oxygen atoms in total. The van der Waals surface area contributed by atoms with Gasteiger partial charge in [-0.3, -0.25) is 9.59 Å². The lowest BCUT2D eigenvalue weighted by atomic mass is 10.1. The number of aromatic nitrogens is 2. The van der Waals surface area contributed by atoms with Crippen LogP contribution in [0.3, 0.4) is 0 Å². The minimum Gasteiger partial charge on any atom is -0.497 e. The molecule has 1 atom stereocenters. The molecule has 5 rings (SSSR count). The van der Waals surface area contributed by atoms with Crippen LogP contribution >= 0.6 is 0 Å². The van der Waals surface area contributed by atoms with Crippen molar-refractivity contribution in [3.8, 4) is 17.4 Å². The average molecular weight is 488 g/mol. The molecule has 2 saturated heterocycles. The van der Waals surface area contributed by atoms with Crippen LogP contribution in [0.25, 0.3) is 0 Å². The van der Waals surface area contributed by atoms with E-state index in [-0.39, 0.29) is 24.2 Å². The Morgan fingerprint density at radius 3 is 2.36 bits per heavy atom. The lowest BCUT2D eigenvalue weighted by Gasteiger charge is -2.36. The van der Waals surface area contributed by atoms with Gasteiger partial charge in [-0.05, 0) is 43.3 Å². The van der Waals surface area contributed by atoms with Gasteiger partial charge in [-0.1, -0.05) is 18.2 Å². The van der Waals surface area contributed by atoms with Gasteiger partial charge in [0.25, 0.3) is 0 Å². The molecule has 9 heteroatoms. The Labute approximate surface area is 210 Å². The van der Waals surface area contributed by atoms with Gasteiger partial charge in [-0.25, -0.2) is 4.98 Å². The van der Waals surface area contributed by atoms with Gasteiger partial charge in [0.15, 0.2) is 0 Å². The monoisotopic (exact) mass is 487 g/mol. The number of amides is 2. The second kappa shape index (κ2) is 10.2. The van der Waals surface area contributed by atoms with Gasteiger partial charge >= 0.3 is 0 Å². The summed E-state index contributed by atoms with van der Waals surface area (Å²) in [5.41, 5.74) is 0.786. The summed E-state index contributed by atoms with van der Waals surface area (Å²) in [5, 5.41) is 0. The zero-order chi connectivity index (χ0) is 25.1. The number of hydrogen-bond donors (Lipinski definition) is 0. The van der Waals surface area contributed by atoms with Crippen molar-refractivity contribution in [3.05, 3.63) is 66.5 Å². The normalized spacial score (nSPS) is 17.9. The molecule has 0 saturated carbocycles. The molecule has 1 aromatic heterocycles. The number of aryl methyl sites for hydroxylation is 1. The number of piperazine rings is 1. The third-order valence-electron chi connectivity index (χ3n) is 6.54. The van der Waals surface area contributed by atoms with Gasteiger partial charge in [0, 0.05) is 50.9 Å². The highest BCUT2D eigenvalue weighted by molar-refractivity contribution is 6.00. The molecular formula is C27H29N5O4. The van der Waals surface area contributed by atoms with Crippen LogP contribution in [0.4, 0.5) is 11.5 Å². The molecule has 3 aromatic rings. The van der Waals surface area contributed by atoms with Crippen molar-refractivity contribution in [2.24, 2.45) is 5.92 Å². The number of hydrogen-bond acceptors (Lipinski definition) is 7. The number of ether oxygens (including phenoxy) is 2. The molecule has 2 aromatic carbocycles. The largest absolute Gasteiger partial charge is 0.497 e. The molecule has 186 valence electrons. The number of anilines is 2. The van der Waals surface area contributed by atoms with Crippen LogP contribution in [-0.2, 0) is 9.59 Å². The number of methoxy groups -OCH3 is 1. The number of rotatable bonds is 6. The van der Waals surface area contributed by atoms with Crippen LogP contribution in [-0.4, -0.2) is 66.5 Å². The summed E-state index contributed by atoms with van der Waals surface area (Å²) >= 11 is 0. The fraction of sp³-hybridized carbons (Fsp3) is 0.333. The second-order valence-electron chi connectivity index (χ2n) is 8.94. The van der Waals surface area contributed by atoms with Gasteiger partial charge in [0.1, 0.15) is 23.1 Å². The minimum atomic E-state index is -0.335. The number of nitrogens with zero attached hydrogens (tertiary/aromatic N) is 5. The van der Waals surface area contributed by atoms with E-state index in [9.17, 15) is 9.59 Å². The Balaban J connectivity index is 1.19. The van der Waals surface area contributed by atoms with Gasteiger partial charge in [0.05, 0.1) is 13.0 Å². The van der Waals surface area contributed by atoms with Crippen LogP contribution in [0, 0.1) is 12.8 Å². The Kier molecular flexibility index (Phi) is 6.71. The van der Waals surface area contributed by atoms with Crippen molar-refractivity contribution in [3.63, 3.8) is 0 Å². The molecule has 36 heavy (non-hydrogen) atoms. The lowest BCUT2D eigenvalue weighted by molar-refractivity contribution is -0.136. The maximum atomic E-state index is 13.2. The predicted molar refractivity (Wildman–Crippen MR) is 136 cm³/mol. The van der Waals surface area contributed by atoms with E-state index in [2.05, 4.69) is 14.9 Å². The number of carbonyl (C=O) groups excluding carboxylic acids is 2. The highest BCUT2D eigenvalue weighted by Gasteiger charge is 2.38. The predicted octanol–water partition coefficient (Wildman–Crippen LogP) is 3.29. The Bertz CT molecular complexity index is 1230. The minimum absolute atomic E-state index is 0.0282. The molecule has 2 aliphatic heterocycles. The Morgan fingerprint density at radius 2 is 1.67 bits per heavy atom. The van der Waals surface area contributed by atoms with E-state index in [1.54, 1.807) is 12.0 Å². The summed E-state index contributed by atoms with van der Waals surface area (Å²) in [5.74, 6) is 3.01. The van der Waals surface area contributed by atoms with Crippen LogP contribution in [0.2, 0.25) is 0 Å². The highest BCUT2D eigenvalue weighted by Crippen LogP contribution is 2.29. The van der Waals surface area contributed by atoms with E-state index in [1.165, 1.54) is 0 Å². The summed E-state index contributed by atoms with van der Waals surface area (Å²) in [6, 6.07) is 18.7. The fourth-order valence-electron chi connectivity index (χ4n) is 4.65. The highest BCUT2D eigenvalue weighted by atomic mass is 16.5. The smallest absolute Gasteiger partial charge is 0.228 e. The first-order valence-corrected chi connectivity index (χ1v) is 12.1. The number of carbonyl (C=O) groups is 2. The van der Waals surface area contributed by atoms with E-state index in [0.29, 0.717) is 50.2 Å². The number of para-hydroxylation sites is 1. The maximum Gasteiger partial charge on any atom is 0.228 e. The van der Waals surface area contributed by atoms with Crippen molar-refractivity contribution in [1.29, 1.82) is 0 Å². The lowest BCUT2D eigenvalue weighted by Crippen LogP contribution is -2.51.